The number of para-hydroxylation sites is 2. The maximum absolute atomic E-state index is 13.0. The summed E-state index contributed by atoms with van der Waals surface area (Å²) in [6.07, 6.45) is -0.0574. The summed E-state index contributed by atoms with van der Waals surface area (Å²) in [5.74, 6) is 5.60. The molecule has 4 nitrogen and oxygen atoms in total. The van der Waals surface area contributed by atoms with Crippen LogP contribution < -0.4 is 11.3 Å². The van der Waals surface area contributed by atoms with Crippen LogP contribution in [0.5, 0.6) is 0 Å². The molecule has 98 valence electrons. The second-order valence-corrected chi connectivity index (χ2v) is 4.54. The van der Waals surface area contributed by atoms with Crippen LogP contribution in [0.3, 0.4) is 0 Å². The maximum atomic E-state index is 13.0. The van der Waals surface area contributed by atoms with E-state index in [1.54, 1.807) is 11.6 Å². The second kappa shape index (κ2) is 4.79. The highest BCUT2D eigenvalue weighted by atomic mass is 35.5. The smallest absolute Gasteiger partial charge is 0.331 e. The highest BCUT2D eigenvalue weighted by Crippen LogP contribution is 2.26. The van der Waals surface area contributed by atoms with Crippen molar-refractivity contribution in [2.45, 2.75) is 17.8 Å². The van der Waals surface area contributed by atoms with Crippen LogP contribution in [0.2, 0.25) is 0 Å². The van der Waals surface area contributed by atoms with E-state index in [0.717, 1.165) is 11.0 Å². The van der Waals surface area contributed by atoms with Crippen molar-refractivity contribution in [1.29, 1.82) is 0 Å². The van der Waals surface area contributed by atoms with Gasteiger partial charge in [-0.1, -0.05) is 12.1 Å². The summed E-state index contributed by atoms with van der Waals surface area (Å²) >= 11 is 4.99. The Kier molecular flexibility index (Phi) is 3.52. The molecule has 18 heavy (non-hydrogen) atoms. The first-order valence-corrected chi connectivity index (χ1v) is 5.74. The van der Waals surface area contributed by atoms with Crippen LogP contribution in [-0.2, 0) is 13.5 Å². The SMILES string of the molecule is Cn1c(CC(NN)C(F)(F)Cl)nc2ccccc21. The number of nitrogens with one attached hydrogen (secondary N) is 1. The van der Waals surface area contributed by atoms with E-state index in [0.29, 0.717) is 5.82 Å². The minimum absolute atomic E-state index is 0.0574. The molecular weight excluding hydrogens is 262 g/mol. The first kappa shape index (κ1) is 13.2. The number of benzene rings is 1. The average molecular weight is 275 g/mol. The fourth-order valence-electron chi connectivity index (χ4n) is 1.83. The first-order valence-electron chi connectivity index (χ1n) is 5.36. The third kappa shape index (κ3) is 2.45. The Morgan fingerprint density at radius 1 is 1.50 bits per heavy atom. The Morgan fingerprint density at radius 2 is 2.17 bits per heavy atom. The number of imidazole rings is 1. The van der Waals surface area contributed by atoms with Crippen LogP contribution >= 0.6 is 11.6 Å². The molecule has 0 aliphatic carbocycles. The lowest BCUT2D eigenvalue weighted by Crippen LogP contribution is -2.47. The second-order valence-electron chi connectivity index (χ2n) is 4.04. The summed E-state index contributed by atoms with van der Waals surface area (Å²) in [5.41, 5.74) is 3.66. The van der Waals surface area contributed by atoms with Gasteiger partial charge in [0.05, 0.1) is 11.0 Å². The minimum Gasteiger partial charge on any atom is -0.331 e. The van der Waals surface area contributed by atoms with Gasteiger partial charge in [-0.05, 0) is 23.7 Å². The molecule has 0 radical (unpaired) electrons. The minimum atomic E-state index is -3.42. The molecule has 7 heteroatoms. The molecule has 0 saturated heterocycles. The lowest BCUT2D eigenvalue weighted by molar-refractivity contribution is 0.0493. The van der Waals surface area contributed by atoms with Gasteiger partial charge in [-0.25, -0.2) is 10.4 Å². The number of alkyl halides is 3. The lowest BCUT2D eigenvalue weighted by Gasteiger charge is -2.20. The number of aromatic nitrogens is 2. The van der Waals surface area contributed by atoms with Gasteiger partial charge in [-0.15, -0.1) is 0 Å². The molecule has 1 unspecified atom stereocenters. The van der Waals surface area contributed by atoms with Crippen LogP contribution in [0.4, 0.5) is 8.78 Å². The Hall–Kier alpha value is -1.24. The van der Waals surface area contributed by atoms with Gasteiger partial charge in [0.2, 0.25) is 0 Å². The predicted octanol–water partition coefficient (Wildman–Crippen LogP) is 1.78. The van der Waals surface area contributed by atoms with E-state index in [-0.39, 0.29) is 6.42 Å². The van der Waals surface area contributed by atoms with Crippen molar-refractivity contribution in [2.24, 2.45) is 12.9 Å². The largest absolute Gasteiger partial charge is 0.338 e. The summed E-state index contributed by atoms with van der Waals surface area (Å²) in [4.78, 5) is 4.29. The number of hydrogen-bond donors (Lipinski definition) is 2. The zero-order valence-electron chi connectivity index (χ0n) is 9.70. The van der Waals surface area contributed by atoms with Crippen molar-refractivity contribution < 1.29 is 8.78 Å². The van der Waals surface area contributed by atoms with Gasteiger partial charge >= 0.3 is 5.38 Å². The molecule has 1 heterocycles. The summed E-state index contributed by atoms with van der Waals surface area (Å²) in [7, 11) is 1.77. The standard InChI is InChI=1S/C11H13ClF2N4/c1-18-8-5-3-2-4-7(8)16-10(18)6-9(17-15)11(12,13)14/h2-5,9,17H,6,15H2,1H3. The molecule has 0 fully saturated rings. The van der Waals surface area contributed by atoms with Crippen molar-refractivity contribution in [3.63, 3.8) is 0 Å². The van der Waals surface area contributed by atoms with Crippen molar-refractivity contribution in [1.82, 2.24) is 15.0 Å². The molecule has 0 bridgehead atoms. The number of nitrogens with zero attached hydrogens (tertiary/aromatic N) is 2. The quantitative estimate of drug-likeness (QED) is 0.508. The Bertz CT molecular complexity index is 549. The normalized spacial score (nSPS) is 14.1. The van der Waals surface area contributed by atoms with Crippen molar-refractivity contribution in [3.8, 4) is 0 Å². The highest BCUT2D eigenvalue weighted by Gasteiger charge is 2.37. The van der Waals surface area contributed by atoms with E-state index in [1.165, 1.54) is 0 Å². The number of fused-ring (bicyclic) bond motifs is 1. The maximum Gasteiger partial charge on any atom is 0.338 e. The van der Waals surface area contributed by atoms with Gasteiger partial charge in [0, 0.05) is 13.5 Å². The molecule has 1 aromatic carbocycles. The van der Waals surface area contributed by atoms with Crippen LogP contribution in [-0.4, -0.2) is 21.0 Å². The Morgan fingerprint density at radius 3 is 2.72 bits per heavy atom. The van der Waals surface area contributed by atoms with Gasteiger partial charge in [0.1, 0.15) is 11.9 Å². The van der Waals surface area contributed by atoms with Crippen LogP contribution in [0.25, 0.3) is 11.0 Å². The molecule has 1 atom stereocenters. The Balaban J connectivity index is 2.34. The molecule has 0 amide bonds. The number of hydrazine groups is 1. The van der Waals surface area contributed by atoms with E-state index in [4.69, 9.17) is 17.4 Å². The Labute approximate surface area is 108 Å². The lowest BCUT2D eigenvalue weighted by atomic mass is 10.2. The van der Waals surface area contributed by atoms with Gasteiger partial charge in [-0.2, -0.15) is 8.78 Å². The molecule has 0 spiro atoms. The summed E-state index contributed by atoms with van der Waals surface area (Å²) in [6.45, 7) is 0. The van der Waals surface area contributed by atoms with Gasteiger partial charge < -0.3 is 4.57 Å². The zero-order valence-corrected chi connectivity index (χ0v) is 10.5. The molecular formula is C11H13ClF2N4. The van der Waals surface area contributed by atoms with Crippen molar-refractivity contribution in [2.75, 3.05) is 0 Å². The molecule has 0 aliphatic rings. The summed E-state index contributed by atoms with van der Waals surface area (Å²) < 4.78 is 27.8. The molecule has 3 N–H and O–H groups in total. The third-order valence-electron chi connectivity index (χ3n) is 2.86. The molecule has 0 saturated carbocycles. The molecule has 2 rings (SSSR count). The summed E-state index contributed by atoms with van der Waals surface area (Å²) in [5, 5.41) is -3.42. The number of nitrogens with two attached hydrogens (primary N) is 1. The van der Waals surface area contributed by atoms with Gasteiger partial charge in [0.15, 0.2) is 0 Å². The fourth-order valence-corrected chi connectivity index (χ4v) is 1.97. The number of aryl methyl sites for hydroxylation is 1. The molecule has 2 aromatic rings. The monoisotopic (exact) mass is 274 g/mol. The van der Waals surface area contributed by atoms with Crippen molar-refractivity contribution >= 4 is 22.6 Å². The van der Waals surface area contributed by atoms with Crippen LogP contribution in [0.1, 0.15) is 5.82 Å². The van der Waals surface area contributed by atoms with Crippen LogP contribution in [0, 0.1) is 0 Å². The third-order valence-corrected chi connectivity index (χ3v) is 3.13. The van der Waals surface area contributed by atoms with E-state index >= 15 is 0 Å². The fraction of sp³-hybridized carbons (Fsp3) is 0.364. The number of halogens is 3. The van der Waals surface area contributed by atoms with Crippen molar-refractivity contribution in [3.05, 3.63) is 30.1 Å². The highest BCUT2D eigenvalue weighted by molar-refractivity contribution is 6.22. The predicted molar refractivity (Wildman–Crippen MR) is 66.3 cm³/mol. The van der Waals surface area contributed by atoms with Gasteiger partial charge in [-0.3, -0.25) is 5.84 Å². The van der Waals surface area contributed by atoms with E-state index < -0.39 is 11.4 Å². The van der Waals surface area contributed by atoms with Crippen LogP contribution in [0.15, 0.2) is 24.3 Å². The summed E-state index contributed by atoms with van der Waals surface area (Å²) in [6, 6.07) is 6.03. The average Bonchev–Trinajstić information content (AvgIpc) is 2.62. The number of hydrogen-bond acceptors (Lipinski definition) is 3. The zero-order chi connectivity index (χ0) is 13.3. The molecule has 1 aromatic heterocycles. The molecule has 0 aliphatic heterocycles. The van der Waals surface area contributed by atoms with E-state index in [1.807, 2.05) is 29.7 Å². The van der Waals surface area contributed by atoms with E-state index in [2.05, 4.69) is 4.98 Å². The van der Waals surface area contributed by atoms with E-state index in [9.17, 15) is 8.78 Å². The number of rotatable bonds is 4. The van der Waals surface area contributed by atoms with Gasteiger partial charge in [0.25, 0.3) is 0 Å². The first-order chi connectivity index (χ1) is 8.43. The topological polar surface area (TPSA) is 55.9 Å².